The molecule has 7 nitrogen and oxygen atoms in total. The van der Waals surface area contributed by atoms with Gasteiger partial charge in [0.1, 0.15) is 19.3 Å². The van der Waals surface area contributed by atoms with Gasteiger partial charge in [-0.25, -0.2) is 4.68 Å². The molecule has 4 rings (SSSR count). The van der Waals surface area contributed by atoms with Crippen LogP contribution < -0.4 is 9.47 Å². The highest BCUT2D eigenvalue weighted by Gasteiger charge is 2.34. The van der Waals surface area contributed by atoms with Crippen LogP contribution in [0.25, 0.3) is 16.9 Å². The SMILES string of the molecule is [B]C(C)Oc1cc(-c2ccn(-c3ccc(OC)cc3)n2)ccc1CN1CCCC([C@](C)(O)CO)C1. The maximum absolute atomic E-state index is 10.5. The van der Waals surface area contributed by atoms with E-state index >= 15 is 0 Å². The van der Waals surface area contributed by atoms with Gasteiger partial charge in [-0.1, -0.05) is 12.1 Å². The van der Waals surface area contributed by atoms with Crippen LogP contribution in [0.5, 0.6) is 11.5 Å². The first-order valence-corrected chi connectivity index (χ1v) is 12.1. The molecule has 0 amide bonds. The highest BCUT2D eigenvalue weighted by molar-refractivity contribution is 6.10. The van der Waals surface area contributed by atoms with Crippen molar-refractivity contribution in [2.24, 2.45) is 5.92 Å². The predicted molar refractivity (Wildman–Crippen MR) is 137 cm³/mol. The molecule has 0 spiro atoms. The Balaban J connectivity index is 1.55. The minimum atomic E-state index is -1.07. The summed E-state index contributed by atoms with van der Waals surface area (Å²) in [6, 6.07) is 15.4. The van der Waals surface area contributed by atoms with E-state index in [0.29, 0.717) is 6.54 Å². The molecule has 1 fully saturated rings. The molecule has 184 valence electrons. The largest absolute Gasteiger partial charge is 0.500 e. The third-order valence-electron chi connectivity index (χ3n) is 6.70. The molecule has 2 N–H and O–H groups in total. The molecule has 0 bridgehead atoms. The average molecular weight is 475 g/mol. The molecule has 3 atom stereocenters. The molecule has 8 heteroatoms. The second-order valence-corrected chi connectivity index (χ2v) is 9.58. The van der Waals surface area contributed by atoms with E-state index in [2.05, 4.69) is 17.0 Å². The summed E-state index contributed by atoms with van der Waals surface area (Å²) in [5.74, 6) is 1.56. The Hall–Kier alpha value is -2.81. The number of piperidine rings is 1. The lowest BCUT2D eigenvalue weighted by atomic mass is 9.83. The van der Waals surface area contributed by atoms with E-state index in [4.69, 9.17) is 22.4 Å². The highest BCUT2D eigenvalue weighted by Crippen LogP contribution is 2.32. The van der Waals surface area contributed by atoms with Gasteiger partial charge >= 0.3 is 0 Å². The number of aromatic nitrogens is 2. The fourth-order valence-corrected chi connectivity index (χ4v) is 4.59. The molecule has 2 radical (unpaired) electrons. The number of likely N-dealkylation sites (tertiary alicyclic amines) is 1. The van der Waals surface area contributed by atoms with Gasteiger partial charge in [-0.05, 0) is 69.6 Å². The van der Waals surface area contributed by atoms with Crippen LogP contribution in [0.4, 0.5) is 0 Å². The first kappa shape index (κ1) is 25.3. The van der Waals surface area contributed by atoms with Gasteiger partial charge in [0.15, 0.2) is 0 Å². The first-order chi connectivity index (χ1) is 16.8. The van der Waals surface area contributed by atoms with E-state index in [1.807, 2.05) is 54.2 Å². The second-order valence-electron chi connectivity index (χ2n) is 9.58. The zero-order valence-electron chi connectivity index (χ0n) is 20.7. The molecule has 3 aromatic rings. The zero-order valence-corrected chi connectivity index (χ0v) is 20.7. The number of benzene rings is 2. The molecule has 2 unspecified atom stereocenters. The van der Waals surface area contributed by atoms with E-state index in [-0.39, 0.29) is 12.5 Å². The van der Waals surface area contributed by atoms with Crippen LogP contribution in [0.1, 0.15) is 32.3 Å². The molecule has 2 heterocycles. The van der Waals surface area contributed by atoms with Crippen molar-refractivity contribution in [2.75, 3.05) is 26.8 Å². The van der Waals surface area contributed by atoms with Gasteiger partial charge in [-0.3, -0.25) is 4.90 Å². The summed E-state index contributed by atoms with van der Waals surface area (Å²) in [6.45, 7) is 5.63. The number of rotatable bonds is 9. The second kappa shape index (κ2) is 10.9. The summed E-state index contributed by atoms with van der Waals surface area (Å²) in [4.78, 5) is 2.31. The molecule has 0 aliphatic carbocycles. The molecular formula is C27H34BN3O4. The van der Waals surface area contributed by atoms with E-state index < -0.39 is 11.6 Å². The van der Waals surface area contributed by atoms with E-state index in [1.165, 1.54) is 0 Å². The number of hydrogen-bond acceptors (Lipinski definition) is 6. The lowest BCUT2D eigenvalue weighted by molar-refractivity contribution is -0.0697. The van der Waals surface area contributed by atoms with Gasteiger partial charge in [-0.15, -0.1) is 0 Å². The van der Waals surface area contributed by atoms with Gasteiger partial charge in [0.25, 0.3) is 0 Å². The molecule has 1 aromatic heterocycles. The molecule has 35 heavy (non-hydrogen) atoms. The summed E-state index contributed by atoms with van der Waals surface area (Å²) in [5, 5.41) is 24.9. The van der Waals surface area contributed by atoms with Gasteiger partial charge < -0.3 is 19.7 Å². The van der Waals surface area contributed by atoms with E-state index in [1.54, 1.807) is 14.0 Å². The molecular weight excluding hydrogens is 441 g/mol. The Morgan fingerprint density at radius 3 is 2.66 bits per heavy atom. The molecule has 1 aliphatic heterocycles. The average Bonchev–Trinajstić information content (AvgIpc) is 3.35. The van der Waals surface area contributed by atoms with E-state index in [0.717, 1.165) is 59.9 Å². The third-order valence-corrected chi connectivity index (χ3v) is 6.70. The fourth-order valence-electron chi connectivity index (χ4n) is 4.59. The maximum Gasteiger partial charge on any atom is 0.126 e. The lowest BCUT2D eigenvalue weighted by Crippen LogP contribution is -2.47. The van der Waals surface area contributed by atoms with E-state index in [9.17, 15) is 10.2 Å². The van der Waals surface area contributed by atoms with Crippen molar-refractivity contribution in [1.29, 1.82) is 0 Å². The Morgan fingerprint density at radius 2 is 1.97 bits per heavy atom. The smallest absolute Gasteiger partial charge is 0.126 e. The van der Waals surface area contributed by atoms with Crippen LogP contribution in [0.15, 0.2) is 54.7 Å². The molecule has 0 saturated carbocycles. The summed E-state index contributed by atoms with van der Waals surface area (Å²) in [5.41, 5.74) is 2.68. The van der Waals surface area contributed by atoms with Gasteiger partial charge in [0.2, 0.25) is 0 Å². The lowest BCUT2D eigenvalue weighted by Gasteiger charge is -2.39. The number of aliphatic hydroxyl groups excluding tert-OH is 1. The van der Waals surface area contributed by atoms with Crippen molar-refractivity contribution >= 4 is 7.85 Å². The van der Waals surface area contributed by atoms with Crippen molar-refractivity contribution < 1.29 is 19.7 Å². The highest BCUT2D eigenvalue weighted by atomic mass is 16.5. The van der Waals surface area contributed by atoms with Crippen molar-refractivity contribution in [2.45, 2.75) is 44.8 Å². The monoisotopic (exact) mass is 475 g/mol. The van der Waals surface area contributed by atoms with Crippen molar-refractivity contribution in [3.63, 3.8) is 0 Å². The summed E-state index contributed by atoms with van der Waals surface area (Å²) in [6.07, 6.45) is 3.81. The van der Waals surface area contributed by atoms with Gasteiger partial charge in [-0.2, -0.15) is 5.10 Å². The van der Waals surface area contributed by atoms with Crippen molar-refractivity contribution in [3.8, 4) is 28.4 Å². The topological polar surface area (TPSA) is 80.0 Å². The van der Waals surface area contributed by atoms with Crippen LogP contribution in [0, 0.1) is 5.92 Å². The number of aliphatic hydroxyl groups is 2. The Morgan fingerprint density at radius 1 is 1.20 bits per heavy atom. The minimum absolute atomic E-state index is 0.0280. The minimum Gasteiger partial charge on any atom is -0.500 e. The van der Waals surface area contributed by atoms with Crippen molar-refractivity contribution in [1.82, 2.24) is 14.7 Å². The summed E-state index contributed by atoms with van der Waals surface area (Å²) >= 11 is 0. The molecule has 1 saturated heterocycles. The first-order valence-electron chi connectivity index (χ1n) is 12.1. The van der Waals surface area contributed by atoms with Crippen LogP contribution in [-0.4, -0.2) is 71.2 Å². The maximum atomic E-state index is 10.5. The van der Waals surface area contributed by atoms with Crippen molar-refractivity contribution in [3.05, 3.63) is 60.3 Å². The predicted octanol–water partition coefficient (Wildman–Crippen LogP) is 3.40. The van der Waals surface area contributed by atoms with Gasteiger partial charge in [0, 0.05) is 36.3 Å². The summed E-state index contributed by atoms with van der Waals surface area (Å²) < 4.78 is 13.1. The van der Waals surface area contributed by atoms with Crippen LogP contribution in [-0.2, 0) is 6.54 Å². The fraction of sp³-hybridized carbons (Fsp3) is 0.444. The third kappa shape index (κ3) is 6.07. The standard InChI is InChI=1S/C27H34BN3O4/c1-19(28)35-26-15-20(25-12-14-31(29-25)23-8-10-24(34-3)11-9-23)6-7-21(26)16-30-13-4-5-22(17-30)27(2,33)18-32/h6-12,14-15,19,22,32-33H,4-5,13,16-18H2,1-3H3/t19?,22?,27-/m1/s1. The zero-order chi connectivity index (χ0) is 25.0. The number of hydrogen-bond donors (Lipinski definition) is 2. The Bertz CT molecular complexity index is 1110. The van der Waals surface area contributed by atoms with Crippen LogP contribution in [0.3, 0.4) is 0 Å². The number of ether oxygens (including phenoxy) is 2. The molecule has 1 aliphatic rings. The molecule has 2 aromatic carbocycles. The number of methoxy groups -OCH3 is 1. The van der Waals surface area contributed by atoms with Crippen LogP contribution in [0.2, 0.25) is 0 Å². The summed E-state index contributed by atoms with van der Waals surface area (Å²) in [7, 11) is 7.64. The van der Waals surface area contributed by atoms with Crippen LogP contribution >= 0.6 is 0 Å². The Kier molecular flexibility index (Phi) is 7.84. The Labute approximate surface area is 208 Å². The van der Waals surface area contributed by atoms with Gasteiger partial charge in [0.05, 0.1) is 36.7 Å². The quantitative estimate of drug-likeness (QED) is 0.462. The number of nitrogens with zero attached hydrogens (tertiary/aromatic N) is 3. The normalized spacial score (nSPS) is 19.2.